The second-order valence-corrected chi connectivity index (χ2v) is 19.3. The van der Waals surface area contributed by atoms with Crippen LogP contribution in [0.25, 0.3) is 5.69 Å². The molecule has 1 unspecified atom stereocenters. The van der Waals surface area contributed by atoms with Gasteiger partial charge in [0.2, 0.25) is 5.91 Å². The molecule has 2 aromatic rings. The van der Waals surface area contributed by atoms with Crippen molar-refractivity contribution in [3.63, 3.8) is 0 Å². The van der Waals surface area contributed by atoms with Gasteiger partial charge in [-0.15, -0.1) is 0 Å². The Kier molecular flexibility index (Phi) is 8.78. The number of halogens is 1. The maximum atomic E-state index is 14.7. The van der Waals surface area contributed by atoms with Crippen molar-refractivity contribution in [2.45, 2.75) is 132 Å². The Labute approximate surface area is 305 Å². The number of nitrogens with one attached hydrogen (secondary N) is 1. The Bertz CT molecular complexity index is 1730. The Balaban J connectivity index is 1.27. The van der Waals surface area contributed by atoms with Gasteiger partial charge in [0.05, 0.1) is 30.1 Å². The molecule has 1 N–H and O–H groups in total. The van der Waals surface area contributed by atoms with Gasteiger partial charge >= 0.3 is 5.97 Å². The van der Waals surface area contributed by atoms with Gasteiger partial charge in [0, 0.05) is 5.41 Å². The molecule has 10 atom stereocenters. The van der Waals surface area contributed by atoms with Crippen molar-refractivity contribution < 1.29 is 18.7 Å². The van der Waals surface area contributed by atoms with Gasteiger partial charge in [0.15, 0.2) is 0 Å². The summed E-state index contributed by atoms with van der Waals surface area (Å²) >= 11 is 0. The minimum Gasteiger partial charge on any atom is -0.467 e. The number of carbonyl (C=O) groups is 2. The van der Waals surface area contributed by atoms with E-state index in [4.69, 9.17) is 9.84 Å². The molecule has 3 saturated carbocycles. The first-order chi connectivity index (χ1) is 23.9. The van der Waals surface area contributed by atoms with E-state index in [9.17, 15) is 14.0 Å². The van der Waals surface area contributed by atoms with Crippen molar-refractivity contribution in [1.82, 2.24) is 15.1 Å². The van der Waals surface area contributed by atoms with Crippen LogP contribution in [0, 0.1) is 63.0 Å². The average Bonchev–Trinajstić information content (AvgIpc) is 3.50. The molecule has 0 aliphatic heterocycles. The van der Waals surface area contributed by atoms with Crippen molar-refractivity contribution in [3.8, 4) is 5.69 Å². The van der Waals surface area contributed by atoms with E-state index in [1.54, 1.807) is 0 Å². The smallest absolute Gasteiger partial charge is 0.328 e. The number of aromatic nitrogens is 2. The summed E-state index contributed by atoms with van der Waals surface area (Å²) in [7, 11) is 1.42. The number of amides is 1. The number of rotatable bonds is 6. The molecule has 278 valence electrons. The zero-order valence-electron chi connectivity index (χ0n) is 32.9. The number of methoxy groups -OCH3 is 1. The van der Waals surface area contributed by atoms with Crippen LogP contribution in [0.1, 0.15) is 125 Å². The molecular weight excluding hydrogens is 638 g/mol. The summed E-state index contributed by atoms with van der Waals surface area (Å²) in [5.41, 5.74) is 4.56. The van der Waals surface area contributed by atoms with Gasteiger partial charge in [-0.3, -0.25) is 4.79 Å². The first-order valence-electron chi connectivity index (χ1n) is 19.9. The van der Waals surface area contributed by atoms with E-state index in [0.717, 1.165) is 57.1 Å². The summed E-state index contributed by atoms with van der Waals surface area (Å²) < 4.78 is 21.1. The predicted molar refractivity (Wildman–Crippen MR) is 200 cm³/mol. The molecule has 1 amide bonds. The molecule has 3 fully saturated rings. The van der Waals surface area contributed by atoms with E-state index in [1.165, 1.54) is 36.1 Å². The summed E-state index contributed by atoms with van der Waals surface area (Å²) in [5.74, 6) is 1.77. The largest absolute Gasteiger partial charge is 0.467 e. The second kappa shape index (κ2) is 12.3. The number of allylic oxidation sites excluding steroid dienone is 2. The number of benzene rings is 1. The van der Waals surface area contributed by atoms with Crippen LogP contribution in [0.5, 0.6) is 0 Å². The minimum absolute atomic E-state index is 0.0218. The van der Waals surface area contributed by atoms with Gasteiger partial charge in [0.1, 0.15) is 11.9 Å². The maximum absolute atomic E-state index is 14.7. The first-order valence-corrected chi connectivity index (χ1v) is 19.9. The lowest BCUT2D eigenvalue weighted by Gasteiger charge is -2.71. The lowest BCUT2D eigenvalue weighted by Crippen LogP contribution is -2.66. The molecule has 5 aliphatic carbocycles. The van der Waals surface area contributed by atoms with E-state index in [2.05, 4.69) is 84.6 Å². The number of hydrogen-bond acceptors (Lipinski definition) is 4. The second-order valence-electron chi connectivity index (χ2n) is 19.3. The van der Waals surface area contributed by atoms with Gasteiger partial charge in [-0.1, -0.05) is 74.0 Å². The Morgan fingerprint density at radius 2 is 1.71 bits per heavy atom. The number of carbonyl (C=O) groups excluding carboxylic acids is 2. The fraction of sp³-hybridized carbons (Fsp3) is 0.705. The number of hydrogen-bond donors (Lipinski definition) is 1. The first kappa shape index (κ1) is 36.4. The van der Waals surface area contributed by atoms with Crippen LogP contribution in [-0.4, -0.2) is 34.8 Å². The van der Waals surface area contributed by atoms with Crippen molar-refractivity contribution in [3.05, 3.63) is 59.2 Å². The van der Waals surface area contributed by atoms with Crippen molar-refractivity contribution >= 4 is 11.9 Å². The Morgan fingerprint density at radius 3 is 2.37 bits per heavy atom. The molecule has 5 aliphatic rings. The van der Waals surface area contributed by atoms with Crippen LogP contribution in [0.2, 0.25) is 0 Å². The fourth-order valence-electron chi connectivity index (χ4n) is 13.4. The zero-order valence-corrected chi connectivity index (χ0v) is 32.9. The van der Waals surface area contributed by atoms with Gasteiger partial charge in [-0.25, -0.2) is 13.9 Å². The van der Waals surface area contributed by atoms with E-state index < -0.39 is 11.5 Å². The number of nitrogens with zero attached hydrogens (tertiary/aromatic N) is 2. The monoisotopic (exact) mass is 699 g/mol. The van der Waals surface area contributed by atoms with Crippen LogP contribution in [0.15, 0.2) is 42.1 Å². The highest BCUT2D eigenvalue weighted by molar-refractivity contribution is 5.89. The van der Waals surface area contributed by atoms with Crippen molar-refractivity contribution in [1.29, 1.82) is 0 Å². The third-order valence-electron chi connectivity index (χ3n) is 16.2. The number of fused-ring (bicyclic) bond motifs is 8. The molecule has 6 nitrogen and oxygen atoms in total. The van der Waals surface area contributed by atoms with Gasteiger partial charge in [-0.2, -0.15) is 5.10 Å². The molecule has 0 radical (unpaired) electrons. The van der Waals surface area contributed by atoms with Crippen LogP contribution in [-0.2, 0) is 26.2 Å². The predicted octanol–water partition coefficient (Wildman–Crippen LogP) is 9.39. The van der Waals surface area contributed by atoms with Crippen molar-refractivity contribution in [2.24, 2.45) is 57.2 Å². The molecule has 0 saturated heterocycles. The van der Waals surface area contributed by atoms with Gasteiger partial charge in [-0.05, 0) is 139 Å². The highest BCUT2D eigenvalue weighted by Gasteiger charge is 2.69. The average molecular weight is 700 g/mol. The molecule has 1 aromatic heterocycles. The van der Waals surface area contributed by atoms with Gasteiger partial charge in [0.25, 0.3) is 0 Å². The number of esters is 1. The summed E-state index contributed by atoms with van der Waals surface area (Å²) in [6, 6.07) is 6.12. The molecular formula is C44H62FN3O3. The molecule has 51 heavy (non-hydrogen) atoms. The zero-order chi connectivity index (χ0) is 36.9. The summed E-state index contributed by atoms with van der Waals surface area (Å²) in [5, 5.41) is 8.21. The van der Waals surface area contributed by atoms with Crippen LogP contribution in [0.3, 0.4) is 0 Å². The molecule has 0 bridgehead atoms. The standard InChI is InChI=1S/C44H62FN3O3/c1-26(2)23-33(38(49)51-10)47-39(50)44-20-17-27(3)28(4)36(44)32-15-16-35-41(7)24-29-25-46-48(31-13-11-30(45)12-14-31)37(29)40(5,6)34(41)18-19-43(35,9)42(32,8)21-22-44/h11-15,25-28,33-36H,16-24H2,1-10H3,(H,47,50)/t27-,28+,33?,34+,35-,36+,41+,42-,43-,44+/m1/s1. The Morgan fingerprint density at radius 1 is 1.00 bits per heavy atom. The summed E-state index contributed by atoms with van der Waals surface area (Å²) in [6.45, 7) is 21.5. The Hall–Kier alpha value is -2.96. The summed E-state index contributed by atoms with van der Waals surface area (Å²) in [4.78, 5) is 27.6. The van der Waals surface area contributed by atoms with Gasteiger partial charge < -0.3 is 10.1 Å². The molecule has 1 aromatic carbocycles. The molecule has 7 heteroatoms. The maximum Gasteiger partial charge on any atom is 0.328 e. The van der Waals surface area contributed by atoms with E-state index in [0.29, 0.717) is 30.1 Å². The summed E-state index contributed by atoms with van der Waals surface area (Å²) in [6.07, 6.45) is 13.3. The quantitative estimate of drug-likeness (QED) is 0.241. The fourth-order valence-corrected chi connectivity index (χ4v) is 13.4. The van der Waals surface area contributed by atoms with Crippen molar-refractivity contribution in [2.75, 3.05) is 7.11 Å². The highest BCUT2D eigenvalue weighted by Crippen LogP contribution is 2.75. The van der Waals surface area contributed by atoms with E-state index >= 15 is 0 Å². The topological polar surface area (TPSA) is 73.2 Å². The van der Waals surface area contributed by atoms with E-state index in [-0.39, 0.29) is 51.2 Å². The lowest BCUT2D eigenvalue weighted by molar-refractivity contribution is -0.171. The lowest BCUT2D eigenvalue weighted by atomic mass is 9.33. The van der Waals surface area contributed by atoms with Crippen LogP contribution >= 0.6 is 0 Å². The molecule has 0 spiro atoms. The third-order valence-corrected chi connectivity index (χ3v) is 16.2. The molecule has 7 rings (SSSR count). The third kappa shape index (κ3) is 5.16. The van der Waals surface area contributed by atoms with Crippen LogP contribution < -0.4 is 5.32 Å². The molecule has 1 heterocycles. The highest BCUT2D eigenvalue weighted by atomic mass is 19.1. The number of ether oxygens (including phenoxy) is 1. The normalized spacial score (nSPS) is 38.6. The minimum atomic E-state index is -0.620. The van der Waals surface area contributed by atoms with Crippen LogP contribution in [0.4, 0.5) is 4.39 Å². The SMILES string of the molecule is COC(=O)C(CC(C)C)NC(=O)[C@]12CC[C@@H](C)[C@H](C)[C@H]1C1=CC[C@@H]3[C@@]4(C)Cc5cnn(-c6ccc(F)cc6)c5C(C)(C)[C@@H]4CC[C@@]3(C)[C@]1(C)CC2. The van der Waals surface area contributed by atoms with E-state index in [1.807, 2.05) is 12.1 Å².